The average Bonchev–Trinajstić information content (AvgIpc) is 2.75. The molecule has 152 valence electrons. The van der Waals surface area contributed by atoms with Gasteiger partial charge in [0.1, 0.15) is 0 Å². The van der Waals surface area contributed by atoms with E-state index in [4.69, 9.17) is 32.7 Å². The Morgan fingerprint density at radius 2 is 1.70 bits per heavy atom. The predicted molar refractivity (Wildman–Crippen MR) is 116 cm³/mol. The van der Waals surface area contributed by atoms with E-state index in [0.717, 1.165) is 0 Å². The monoisotopic (exact) mass is 442 g/mol. The largest absolute Gasteiger partial charge is 0.493 e. The van der Waals surface area contributed by atoms with Gasteiger partial charge < -0.3 is 9.47 Å². The van der Waals surface area contributed by atoms with E-state index < -0.39 is 5.97 Å². The van der Waals surface area contributed by atoms with Gasteiger partial charge in [-0.05, 0) is 60.2 Å². The maximum absolute atomic E-state index is 12.3. The Labute approximate surface area is 183 Å². The number of amides is 1. The lowest BCUT2D eigenvalue weighted by molar-refractivity contribution is 0.0729. The number of benzene rings is 3. The highest BCUT2D eigenvalue weighted by Crippen LogP contribution is 2.29. The van der Waals surface area contributed by atoms with Crippen LogP contribution in [0.15, 0.2) is 71.8 Å². The van der Waals surface area contributed by atoms with Crippen molar-refractivity contribution in [1.82, 2.24) is 5.43 Å². The summed E-state index contributed by atoms with van der Waals surface area (Å²) in [4.78, 5) is 24.4. The van der Waals surface area contributed by atoms with Crippen LogP contribution in [0.25, 0.3) is 0 Å². The van der Waals surface area contributed by atoms with Crippen molar-refractivity contribution in [3.63, 3.8) is 0 Å². The molecule has 8 heteroatoms. The second kappa shape index (κ2) is 9.91. The van der Waals surface area contributed by atoms with E-state index in [2.05, 4.69) is 10.5 Å². The quantitative estimate of drug-likeness (QED) is 0.252. The Bertz CT molecular complexity index is 1100. The highest BCUT2D eigenvalue weighted by atomic mass is 35.5. The van der Waals surface area contributed by atoms with Crippen LogP contribution in [0.3, 0.4) is 0 Å². The van der Waals surface area contributed by atoms with Gasteiger partial charge in [-0.2, -0.15) is 5.10 Å². The molecule has 0 radical (unpaired) electrons. The van der Waals surface area contributed by atoms with Crippen LogP contribution in [0.2, 0.25) is 10.0 Å². The van der Waals surface area contributed by atoms with Gasteiger partial charge in [-0.25, -0.2) is 10.2 Å². The fourth-order valence-electron chi connectivity index (χ4n) is 2.46. The van der Waals surface area contributed by atoms with E-state index in [1.165, 1.54) is 13.3 Å². The number of esters is 1. The van der Waals surface area contributed by atoms with Crippen molar-refractivity contribution in [2.24, 2.45) is 5.10 Å². The SMILES string of the molecule is COc1cc(/C=N/NC(=O)c2ccc(Cl)cc2)ccc1OC(=O)c1ccccc1Cl. The van der Waals surface area contributed by atoms with E-state index in [1.807, 2.05) is 0 Å². The van der Waals surface area contributed by atoms with E-state index in [1.54, 1.807) is 66.7 Å². The topological polar surface area (TPSA) is 77.0 Å². The molecule has 3 aromatic carbocycles. The Morgan fingerprint density at radius 3 is 2.40 bits per heavy atom. The van der Waals surface area contributed by atoms with Gasteiger partial charge in [-0.1, -0.05) is 35.3 Å². The molecule has 0 fully saturated rings. The number of hydrogen-bond acceptors (Lipinski definition) is 5. The highest BCUT2D eigenvalue weighted by Gasteiger charge is 2.15. The molecule has 0 unspecified atom stereocenters. The van der Waals surface area contributed by atoms with Crippen molar-refractivity contribution in [1.29, 1.82) is 0 Å². The van der Waals surface area contributed by atoms with Crippen LogP contribution in [0.1, 0.15) is 26.3 Å². The zero-order valence-corrected chi connectivity index (χ0v) is 17.3. The van der Waals surface area contributed by atoms with E-state index in [-0.39, 0.29) is 17.2 Å². The molecule has 0 spiro atoms. The maximum atomic E-state index is 12.3. The van der Waals surface area contributed by atoms with Crippen molar-refractivity contribution in [3.05, 3.63) is 93.5 Å². The van der Waals surface area contributed by atoms with Gasteiger partial charge in [0.25, 0.3) is 5.91 Å². The fraction of sp³-hybridized carbons (Fsp3) is 0.0455. The molecule has 3 rings (SSSR count). The van der Waals surface area contributed by atoms with Gasteiger partial charge in [-0.15, -0.1) is 0 Å². The second-order valence-electron chi connectivity index (χ2n) is 5.99. The molecule has 0 aliphatic rings. The third-order valence-corrected chi connectivity index (χ3v) is 4.55. The summed E-state index contributed by atoms with van der Waals surface area (Å²) in [6.45, 7) is 0. The van der Waals surface area contributed by atoms with Crippen LogP contribution < -0.4 is 14.9 Å². The van der Waals surface area contributed by atoms with Crippen LogP contribution in [0, 0.1) is 0 Å². The molecule has 0 atom stereocenters. The summed E-state index contributed by atoms with van der Waals surface area (Å²) >= 11 is 11.8. The van der Waals surface area contributed by atoms with Crippen molar-refractivity contribution in [3.8, 4) is 11.5 Å². The Hall–Kier alpha value is -3.35. The molecule has 0 heterocycles. The minimum Gasteiger partial charge on any atom is -0.493 e. The smallest absolute Gasteiger partial charge is 0.345 e. The van der Waals surface area contributed by atoms with Crippen LogP contribution in [0.4, 0.5) is 0 Å². The van der Waals surface area contributed by atoms with Gasteiger partial charge in [0.15, 0.2) is 11.5 Å². The number of nitrogens with zero attached hydrogens (tertiary/aromatic N) is 1. The summed E-state index contributed by atoms with van der Waals surface area (Å²) in [6, 6.07) is 17.9. The second-order valence-corrected chi connectivity index (χ2v) is 6.83. The molecule has 0 aliphatic carbocycles. The molecule has 3 aromatic rings. The average molecular weight is 443 g/mol. The molecule has 0 aliphatic heterocycles. The molecule has 1 N–H and O–H groups in total. The number of rotatable bonds is 6. The first-order chi connectivity index (χ1) is 14.5. The number of hydrazone groups is 1. The maximum Gasteiger partial charge on any atom is 0.345 e. The van der Waals surface area contributed by atoms with Gasteiger partial charge in [0, 0.05) is 10.6 Å². The third kappa shape index (κ3) is 5.37. The molecule has 0 saturated carbocycles. The van der Waals surface area contributed by atoms with Gasteiger partial charge in [-0.3, -0.25) is 4.79 Å². The zero-order chi connectivity index (χ0) is 21.5. The number of hydrogen-bond donors (Lipinski definition) is 1. The van der Waals surface area contributed by atoms with E-state index >= 15 is 0 Å². The Kier molecular flexibility index (Phi) is 7.06. The summed E-state index contributed by atoms with van der Waals surface area (Å²) in [6.07, 6.45) is 1.44. The zero-order valence-electron chi connectivity index (χ0n) is 15.8. The van der Waals surface area contributed by atoms with Crippen molar-refractivity contribution in [2.75, 3.05) is 7.11 Å². The standard InChI is InChI=1S/C22H16Cl2N2O4/c1-29-20-12-14(13-25-26-21(27)15-7-9-16(23)10-8-15)6-11-19(20)30-22(28)17-4-2-3-5-18(17)24/h2-13H,1H3,(H,26,27)/b25-13+. The van der Waals surface area contributed by atoms with E-state index in [9.17, 15) is 9.59 Å². The summed E-state index contributed by atoms with van der Waals surface area (Å²) in [5.41, 5.74) is 3.73. The van der Waals surface area contributed by atoms with Gasteiger partial charge >= 0.3 is 5.97 Å². The number of methoxy groups -OCH3 is 1. The van der Waals surface area contributed by atoms with Crippen molar-refractivity contribution in [2.45, 2.75) is 0 Å². The molecule has 0 aromatic heterocycles. The van der Waals surface area contributed by atoms with Crippen LogP contribution >= 0.6 is 23.2 Å². The molecular weight excluding hydrogens is 427 g/mol. The number of nitrogens with one attached hydrogen (secondary N) is 1. The molecule has 6 nitrogen and oxygen atoms in total. The first-order valence-electron chi connectivity index (χ1n) is 8.71. The lowest BCUT2D eigenvalue weighted by Crippen LogP contribution is -2.17. The Balaban J connectivity index is 1.68. The lowest BCUT2D eigenvalue weighted by Gasteiger charge is -2.10. The van der Waals surface area contributed by atoms with Gasteiger partial charge in [0.2, 0.25) is 0 Å². The minimum atomic E-state index is -0.601. The van der Waals surface area contributed by atoms with Crippen LogP contribution in [-0.2, 0) is 0 Å². The summed E-state index contributed by atoms with van der Waals surface area (Å²) < 4.78 is 10.7. The normalized spacial score (nSPS) is 10.6. The first kappa shape index (κ1) is 21.4. The fourth-order valence-corrected chi connectivity index (χ4v) is 2.80. The molecule has 0 bridgehead atoms. The summed E-state index contributed by atoms with van der Waals surface area (Å²) in [5.74, 6) is -0.427. The third-order valence-electron chi connectivity index (χ3n) is 3.97. The van der Waals surface area contributed by atoms with Crippen LogP contribution in [0.5, 0.6) is 11.5 Å². The highest BCUT2D eigenvalue weighted by molar-refractivity contribution is 6.33. The summed E-state index contributed by atoms with van der Waals surface area (Å²) in [5, 5.41) is 4.76. The van der Waals surface area contributed by atoms with Crippen molar-refractivity contribution >= 4 is 41.3 Å². The number of carbonyl (C=O) groups excluding carboxylic acids is 2. The first-order valence-corrected chi connectivity index (χ1v) is 9.47. The van der Waals surface area contributed by atoms with Crippen LogP contribution in [-0.4, -0.2) is 25.2 Å². The van der Waals surface area contributed by atoms with E-state index in [0.29, 0.717) is 26.9 Å². The van der Waals surface area contributed by atoms with Crippen molar-refractivity contribution < 1.29 is 19.1 Å². The number of halogens is 2. The molecular formula is C22H16Cl2N2O4. The summed E-state index contributed by atoms with van der Waals surface area (Å²) in [7, 11) is 1.45. The van der Waals surface area contributed by atoms with Gasteiger partial charge in [0.05, 0.1) is 23.9 Å². The molecule has 1 amide bonds. The lowest BCUT2D eigenvalue weighted by atomic mass is 10.2. The number of carbonyl (C=O) groups is 2. The molecule has 0 saturated heterocycles. The predicted octanol–water partition coefficient (Wildman–Crippen LogP) is 4.99. The molecule has 30 heavy (non-hydrogen) atoms. The number of ether oxygens (including phenoxy) is 2. The minimum absolute atomic E-state index is 0.227. The Morgan fingerprint density at radius 1 is 0.967 bits per heavy atom.